The molecule has 0 bridgehead atoms. The third-order valence-corrected chi connectivity index (χ3v) is 2.36. The van der Waals surface area contributed by atoms with Gasteiger partial charge < -0.3 is 19.8 Å². The van der Waals surface area contributed by atoms with Crippen molar-refractivity contribution >= 4 is 17.6 Å². The van der Waals surface area contributed by atoms with E-state index in [-0.39, 0.29) is 10.6 Å². The molecule has 122 valence electrons. The van der Waals surface area contributed by atoms with Crippen LogP contribution in [0.5, 0.6) is 5.75 Å². The number of hydrogen-bond acceptors (Lipinski definition) is 6. The molecule has 9 nitrogen and oxygen atoms in total. The molecular formula is C13H18N2O7. The number of nitro benzene ring substituents is 1. The van der Waals surface area contributed by atoms with Crippen LogP contribution in [0, 0.1) is 17.0 Å². The number of nitro groups is 1. The van der Waals surface area contributed by atoms with Crippen molar-refractivity contribution < 1.29 is 29.5 Å². The average molecular weight is 314 g/mol. The van der Waals surface area contributed by atoms with E-state index in [4.69, 9.17) is 24.5 Å². The Morgan fingerprint density at radius 3 is 2.18 bits per heavy atom. The number of carboxylic acids is 2. The maximum absolute atomic E-state index is 10.6. The Morgan fingerprint density at radius 1 is 1.27 bits per heavy atom. The fourth-order valence-electron chi connectivity index (χ4n) is 1.27. The summed E-state index contributed by atoms with van der Waals surface area (Å²) < 4.78 is 5.47. The molecule has 0 aliphatic rings. The number of carbonyl (C=O) groups is 2. The summed E-state index contributed by atoms with van der Waals surface area (Å²) in [6.45, 7) is 3.09. The zero-order valence-corrected chi connectivity index (χ0v) is 12.5. The molecule has 0 aromatic heterocycles. The molecule has 0 heterocycles. The highest BCUT2D eigenvalue weighted by Crippen LogP contribution is 2.22. The van der Waals surface area contributed by atoms with Crippen molar-refractivity contribution in [3.63, 3.8) is 0 Å². The van der Waals surface area contributed by atoms with E-state index < -0.39 is 11.9 Å². The van der Waals surface area contributed by atoms with Gasteiger partial charge >= 0.3 is 11.9 Å². The highest BCUT2D eigenvalue weighted by atomic mass is 16.6. The summed E-state index contributed by atoms with van der Waals surface area (Å²) in [6, 6.07) is 4.79. The van der Waals surface area contributed by atoms with E-state index in [0.29, 0.717) is 17.9 Å². The Labute approximate surface area is 126 Å². The molecular weight excluding hydrogens is 296 g/mol. The number of ether oxygens (including phenoxy) is 1. The van der Waals surface area contributed by atoms with Gasteiger partial charge in [-0.25, -0.2) is 9.59 Å². The molecule has 0 radical (unpaired) electrons. The standard InChI is InChI=1S/C11H16N2O3.C2H2O4/c1-9-8-10(16-7-6-12(2)3)4-5-11(9)13(14)15;3-1(4)2(5)6/h4-5,8H,6-7H2,1-3H3;(H,3,4)(H,5,6). The normalized spacial score (nSPS) is 9.64. The number of carboxylic acid groups (broad SMARTS) is 2. The fraction of sp³-hybridized carbons (Fsp3) is 0.385. The Bertz CT molecular complexity index is 531. The maximum atomic E-state index is 10.6. The molecule has 2 N–H and O–H groups in total. The smallest absolute Gasteiger partial charge is 0.414 e. The van der Waals surface area contributed by atoms with E-state index in [1.54, 1.807) is 19.1 Å². The van der Waals surface area contributed by atoms with Gasteiger partial charge in [-0.1, -0.05) is 0 Å². The summed E-state index contributed by atoms with van der Waals surface area (Å²) in [7, 11) is 3.93. The SMILES string of the molecule is Cc1cc(OCCN(C)C)ccc1[N+](=O)[O-].O=C(O)C(=O)O. The quantitative estimate of drug-likeness (QED) is 0.467. The Hall–Kier alpha value is -2.68. The third kappa shape index (κ3) is 7.80. The number of aliphatic carboxylic acids is 2. The summed E-state index contributed by atoms with van der Waals surface area (Å²) in [5, 5.41) is 25.4. The van der Waals surface area contributed by atoms with Crippen LogP contribution in [0.4, 0.5) is 5.69 Å². The van der Waals surface area contributed by atoms with Crippen LogP contribution in [0.2, 0.25) is 0 Å². The fourth-order valence-corrected chi connectivity index (χ4v) is 1.27. The zero-order valence-electron chi connectivity index (χ0n) is 12.5. The van der Waals surface area contributed by atoms with Crippen molar-refractivity contribution in [3.8, 4) is 5.75 Å². The molecule has 0 atom stereocenters. The summed E-state index contributed by atoms with van der Waals surface area (Å²) in [6.07, 6.45) is 0. The molecule has 9 heteroatoms. The van der Waals surface area contributed by atoms with E-state index in [1.165, 1.54) is 6.07 Å². The summed E-state index contributed by atoms with van der Waals surface area (Å²) >= 11 is 0. The highest BCUT2D eigenvalue weighted by molar-refractivity contribution is 6.27. The molecule has 1 rings (SSSR count). The summed E-state index contributed by atoms with van der Waals surface area (Å²) in [5.74, 6) is -2.98. The zero-order chi connectivity index (χ0) is 17.3. The van der Waals surface area contributed by atoms with Crippen LogP contribution in [0.3, 0.4) is 0 Å². The number of nitrogens with zero attached hydrogens (tertiary/aromatic N) is 2. The Kier molecular flexibility index (Phi) is 8.16. The topological polar surface area (TPSA) is 130 Å². The molecule has 1 aromatic carbocycles. The lowest BCUT2D eigenvalue weighted by Crippen LogP contribution is -2.19. The second-order valence-electron chi connectivity index (χ2n) is 4.47. The number of aryl methyl sites for hydroxylation is 1. The lowest BCUT2D eigenvalue weighted by Gasteiger charge is -2.11. The number of likely N-dealkylation sites (N-methyl/N-ethyl adjacent to an activating group) is 1. The van der Waals surface area contributed by atoms with Crippen LogP contribution in [0.25, 0.3) is 0 Å². The first kappa shape index (κ1) is 19.3. The van der Waals surface area contributed by atoms with Gasteiger partial charge in [0.1, 0.15) is 12.4 Å². The average Bonchev–Trinajstić information content (AvgIpc) is 2.38. The van der Waals surface area contributed by atoms with Crippen LogP contribution < -0.4 is 4.74 Å². The minimum atomic E-state index is -1.82. The molecule has 1 aromatic rings. The lowest BCUT2D eigenvalue weighted by atomic mass is 10.2. The highest BCUT2D eigenvalue weighted by Gasteiger charge is 2.10. The van der Waals surface area contributed by atoms with Crippen LogP contribution in [0.15, 0.2) is 18.2 Å². The second-order valence-corrected chi connectivity index (χ2v) is 4.47. The molecule has 22 heavy (non-hydrogen) atoms. The molecule has 0 saturated carbocycles. The lowest BCUT2D eigenvalue weighted by molar-refractivity contribution is -0.385. The van der Waals surface area contributed by atoms with Gasteiger partial charge in [-0.2, -0.15) is 0 Å². The molecule has 0 spiro atoms. The van der Waals surface area contributed by atoms with Crippen molar-refractivity contribution in [2.45, 2.75) is 6.92 Å². The predicted molar refractivity (Wildman–Crippen MR) is 77.2 cm³/mol. The van der Waals surface area contributed by atoms with Crippen LogP contribution in [-0.4, -0.2) is 59.2 Å². The monoisotopic (exact) mass is 314 g/mol. The van der Waals surface area contributed by atoms with Crippen molar-refractivity contribution in [2.24, 2.45) is 0 Å². The number of benzene rings is 1. The van der Waals surface area contributed by atoms with E-state index in [1.807, 2.05) is 19.0 Å². The molecule has 0 aliphatic carbocycles. The van der Waals surface area contributed by atoms with Crippen molar-refractivity contribution in [1.29, 1.82) is 0 Å². The molecule has 0 saturated heterocycles. The Balaban J connectivity index is 0.000000626. The largest absolute Gasteiger partial charge is 0.492 e. The van der Waals surface area contributed by atoms with Gasteiger partial charge in [0, 0.05) is 18.2 Å². The third-order valence-electron chi connectivity index (χ3n) is 2.36. The number of rotatable bonds is 5. The second kappa shape index (κ2) is 9.29. The van der Waals surface area contributed by atoms with E-state index in [0.717, 1.165) is 6.54 Å². The predicted octanol–water partition coefficient (Wildman–Crippen LogP) is 0.999. The van der Waals surface area contributed by atoms with Gasteiger partial charge in [0.05, 0.1) is 4.92 Å². The van der Waals surface area contributed by atoms with Crippen LogP contribution >= 0.6 is 0 Å². The van der Waals surface area contributed by atoms with Gasteiger partial charge in [-0.15, -0.1) is 0 Å². The van der Waals surface area contributed by atoms with E-state index in [2.05, 4.69) is 0 Å². The minimum Gasteiger partial charge on any atom is -0.492 e. The maximum Gasteiger partial charge on any atom is 0.414 e. The number of hydrogen-bond donors (Lipinski definition) is 2. The molecule has 0 aliphatic heterocycles. The first-order valence-electron chi connectivity index (χ1n) is 6.14. The van der Waals surface area contributed by atoms with Crippen molar-refractivity contribution in [3.05, 3.63) is 33.9 Å². The van der Waals surface area contributed by atoms with Crippen molar-refractivity contribution in [2.75, 3.05) is 27.2 Å². The van der Waals surface area contributed by atoms with Gasteiger partial charge in [0.25, 0.3) is 5.69 Å². The van der Waals surface area contributed by atoms with Gasteiger partial charge in [-0.05, 0) is 33.2 Å². The summed E-state index contributed by atoms with van der Waals surface area (Å²) in [5.41, 5.74) is 0.743. The molecule has 0 unspecified atom stereocenters. The van der Waals surface area contributed by atoms with Crippen LogP contribution in [-0.2, 0) is 9.59 Å². The van der Waals surface area contributed by atoms with Gasteiger partial charge in [0.2, 0.25) is 0 Å². The van der Waals surface area contributed by atoms with Gasteiger partial charge in [0.15, 0.2) is 0 Å². The summed E-state index contributed by atoms with van der Waals surface area (Å²) in [4.78, 5) is 30.4. The van der Waals surface area contributed by atoms with E-state index in [9.17, 15) is 10.1 Å². The first-order chi connectivity index (χ1) is 10.1. The molecule has 0 amide bonds. The van der Waals surface area contributed by atoms with Crippen LogP contribution in [0.1, 0.15) is 5.56 Å². The van der Waals surface area contributed by atoms with E-state index >= 15 is 0 Å². The molecule has 0 fully saturated rings. The van der Waals surface area contributed by atoms with Crippen molar-refractivity contribution in [1.82, 2.24) is 4.90 Å². The minimum absolute atomic E-state index is 0.125. The van der Waals surface area contributed by atoms with Gasteiger partial charge in [-0.3, -0.25) is 10.1 Å². The first-order valence-corrected chi connectivity index (χ1v) is 6.14. The Morgan fingerprint density at radius 2 is 1.82 bits per heavy atom.